The second-order valence-electron chi connectivity index (χ2n) is 9.57. The Kier molecular flexibility index (Phi) is 5.59. The molecule has 2 aliphatic rings. The minimum Gasteiger partial charge on any atom is -0.377 e. The number of likely N-dealkylation sites (tertiary alicyclic amines) is 1. The lowest BCUT2D eigenvalue weighted by Crippen LogP contribution is -2.57. The number of aryl methyl sites for hydroxylation is 1. The third kappa shape index (κ3) is 3.95. The number of nitrogens with zero attached hydrogens (tertiary/aromatic N) is 5. The third-order valence-corrected chi connectivity index (χ3v) is 6.76. The van der Waals surface area contributed by atoms with Crippen molar-refractivity contribution in [3.05, 3.63) is 82.9 Å². The molecule has 0 atom stereocenters. The average molecular weight is 469 g/mol. The highest BCUT2D eigenvalue weighted by Gasteiger charge is 2.44. The van der Waals surface area contributed by atoms with E-state index < -0.39 is 5.54 Å². The standard InChI is InChI=1S/C27H28N6O2/c1-17-7-8-29-14-23(17)25(34)32-15-20(16-32)31-19-10-21(13-30-12-19)33-26(35)22-6-5-18(11-28-4)9-24(22)27(33,2)3/h5-14,20,31H,15-16H2,1-4H3. The molecule has 5 rings (SSSR count). The molecule has 8 nitrogen and oxygen atoms in total. The predicted octanol–water partition coefficient (Wildman–Crippen LogP) is 3.67. The van der Waals surface area contributed by atoms with Crippen LogP contribution in [-0.4, -0.2) is 59.1 Å². The van der Waals surface area contributed by atoms with Crippen LogP contribution in [0, 0.1) is 6.92 Å². The van der Waals surface area contributed by atoms with E-state index in [4.69, 9.17) is 0 Å². The lowest BCUT2D eigenvalue weighted by atomic mass is 9.92. The molecule has 1 saturated heterocycles. The van der Waals surface area contributed by atoms with Gasteiger partial charge in [0.1, 0.15) is 0 Å². The molecule has 0 unspecified atom stereocenters. The van der Waals surface area contributed by atoms with Gasteiger partial charge >= 0.3 is 0 Å². The number of anilines is 2. The Morgan fingerprint density at radius 2 is 1.94 bits per heavy atom. The second kappa shape index (κ2) is 8.61. The number of carbonyl (C=O) groups excluding carboxylic acids is 2. The van der Waals surface area contributed by atoms with Gasteiger partial charge < -0.3 is 10.2 Å². The number of rotatable bonds is 5. The first-order chi connectivity index (χ1) is 16.8. The van der Waals surface area contributed by atoms with E-state index in [-0.39, 0.29) is 17.9 Å². The van der Waals surface area contributed by atoms with E-state index in [0.29, 0.717) is 24.2 Å². The fraction of sp³-hybridized carbons (Fsp3) is 0.296. The van der Waals surface area contributed by atoms with Gasteiger partial charge in [-0.05, 0) is 61.7 Å². The zero-order chi connectivity index (χ0) is 24.7. The molecule has 178 valence electrons. The van der Waals surface area contributed by atoms with Crippen LogP contribution in [-0.2, 0) is 5.54 Å². The summed E-state index contributed by atoms with van der Waals surface area (Å²) >= 11 is 0. The van der Waals surface area contributed by atoms with Crippen LogP contribution in [0.1, 0.15) is 51.3 Å². The molecule has 1 fully saturated rings. The van der Waals surface area contributed by atoms with E-state index >= 15 is 0 Å². The van der Waals surface area contributed by atoms with E-state index in [0.717, 1.165) is 28.1 Å². The Labute approximate surface area is 204 Å². The maximum atomic E-state index is 13.4. The number of aromatic nitrogens is 2. The smallest absolute Gasteiger partial charge is 0.259 e. The molecule has 2 amide bonds. The van der Waals surface area contributed by atoms with E-state index in [1.54, 1.807) is 47.8 Å². The highest BCUT2D eigenvalue weighted by atomic mass is 16.2. The first kappa shape index (κ1) is 22.7. The van der Waals surface area contributed by atoms with Crippen molar-refractivity contribution in [1.82, 2.24) is 14.9 Å². The summed E-state index contributed by atoms with van der Waals surface area (Å²) in [5, 5.41) is 3.45. The second-order valence-corrected chi connectivity index (χ2v) is 9.57. The first-order valence-electron chi connectivity index (χ1n) is 11.6. The summed E-state index contributed by atoms with van der Waals surface area (Å²) in [5.74, 6) is -0.0496. The highest BCUT2D eigenvalue weighted by Crippen LogP contribution is 2.42. The van der Waals surface area contributed by atoms with Gasteiger partial charge in [-0.1, -0.05) is 6.07 Å². The van der Waals surface area contributed by atoms with Crippen molar-refractivity contribution in [2.45, 2.75) is 32.4 Å². The van der Waals surface area contributed by atoms with Crippen LogP contribution in [0.3, 0.4) is 0 Å². The molecular weight excluding hydrogens is 440 g/mol. The maximum absolute atomic E-state index is 13.4. The lowest BCUT2D eigenvalue weighted by molar-refractivity contribution is 0.0624. The molecule has 4 heterocycles. The zero-order valence-corrected chi connectivity index (χ0v) is 20.3. The number of nitrogens with one attached hydrogen (secondary N) is 1. The summed E-state index contributed by atoms with van der Waals surface area (Å²) in [4.78, 5) is 42.3. The quantitative estimate of drug-likeness (QED) is 0.577. The molecule has 3 aromatic rings. The molecule has 8 heteroatoms. The number of pyridine rings is 2. The van der Waals surface area contributed by atoms with Gasteiger partial charge in [-0.25, -0.2) is 0 Å². The van der Waals surface area contributed by atoms with Crippen LogP contribution >= 0.6 is 0 Å². The van der Waals surface area contributed by atoms with Gasteiger partial charge in [0.2, 0.25) is 0 Å². The largest absolute Gasteiger partial charge is 0.377 e. The molecule has 0 spiro atoms. The number of hydrogen-bond donors (Lipinski definition) is 1. The topological polar surface area (TPSA) is 90.8 Å². The van der Waals surface area contributed by atoms with Crippen molar-refractivity contribution in [1.29, 1.82) is 0 Å². The Balaban J connectivity index is 1.31. The normalized spacial score (nSPS) is 17.0. The van der Waals surface area contributed by atoms with Crippen molar-refractivity contribution < 1.29 is 9.59 Å². The van der Waals surface area contributed by atoms with Crippen molar-refractivity contribution >= 4 is 29.4 Å². The van der Waals surface area contributed by atoms with Crippen molar-refractivity contribution in [3.63, 3.8) is 0 Å². The fourth-order valence-corrected chi connectivity index (χ4v) is 4.88. The van der Waals surface area contributed by atoms with Crippen LogP contribution in [0.5, 0.6) is 0 Å². The number of amides is 2. The molecule has 2 aromatic heterocycles. The lowest BCUT2D eigenvalue weighted by Gasteiger charge is -2.40. The third-order valence-electron chi connectivity index (χ3n) is 6.76. The van der Waals surface area contributed by atoms with Crippen molar-refractivity contribution in [2.75, 3.05) is 30.4 Å². The van der Waals surface area contributed by atoms with E-state index in [1.807, 2.05) is 51.1 Å². The Bertz CT molecular complexity index is 1340. The monoisotopic (exact) mass is 468 g/mol. The van der Waals surface area contributed by atoms with Gasteiger partial charge in [0.25, 0.3) is 11.8 Å². The summed E-state index contributed by atoms with van der Waals surface area (Å²) in [7, 11) is 1.73. The maximum Gasteiger partial charge on any atom is 0.259 e. The van der Waals surface area contributed by atoms with E-state index in [2.05, 4.69) is 20.3 Å². The molecule has 0 radical (unpaired) electrons. The first-order valence-corrected chi connectivity index (χ1v) is 11.6. The molecule has 2 aliphatic heterocycles. The Morgan fingerprint density at radius 3 is 2.69 bits per heavy atom. The predicted molar refractivity (Wildman–Crippen MR) is 136 cm³/mol. The fourth-order valence-electron chi connectivity index (χ4n) is 4.88. The SMILES string of the molecule is CN=Cc1ccc2c(c1)C(C)(C)N(c1cncc(NC3CN(C(=O)c4cnccc4C)C3)c1)C2=O. The van der Waals surface area contributed by atoms with Gasteiger partial charge in [-0.15, -0.1) is 0 Å². The molecule has 0 bridgehead atoms. The number of carbonyl (C=O) groups is 2. The molecule has 0 saturated carbocycles. The van der Waals surface area contributed by atoms with Gasteiger partial charge in [-0.2, -0.15) is 0 Å². The van der Waals surface area contributed by atoms with E-state index in [9.17, 15) is 9.59 Å². The molecule has 1 N–H and O–H groups in total. The van der Waals surface area contributed by atoms with Gasteiger partial charge in [0, 0.05) is 44.3 Å². The van der Waals surface area contributed by atoms with Crippen LogP contribution in [0.25, 0.3) is 0 Å². The average Bonchev–Trinajstić information content (AvgIpc) is 3.01. The Morgan fingerprint density at radius 1 is 1.14 bits per heavy atom. The van der Waals surface area contributed by atoms with Crippen molar-refractivity contribution in [3.8, 4) is 0 Å². The van der Waals surface area contributed by atoms with Crippen LogP contribution in [0.4, 0.5) is 11.4 Å². The summed E-state index contributed by atoms with van der Waals surface area (Å²) in [6.45, 7) is 7.19. The molecule has 0 aliphatic carbocycles. The summed E-state index contributed by atoms with van der Waals surface area (Å²) in [5.41, 5.74) is 5.20. The summed E-state index contributed by atoms with van der Waals surface area (Å²) < 4.78 is 0. The minimum atomic E-state index is -0.536. The highest BCUT2D eigenvalue weighted by molar-refractivity contribution is 6.12. The minimum absolute atomic E-state index is 0.00445. The van der Waals surface area contributed by atoms with E-state index in [1.165, 1.54) is 0 Å². The van der Waals surface area contributed by atoms with Crippen LogP contribution in [0.15, 0.2) is 60.1 Å². The summed E-state index contributed by atoms with van der Waals surface area (Å²) in [6.07, 6.45) is 8.56. The van der Waals surface area contributed by atoms with Crippen molar-refractivity contribution in [2.24, 2.45) is 4.99 Å². The number of hydrogen-bond acceptors (Lipinski definition) is 6. The number of benzene rings is 1. The number of fused-ring (bicyclic) bond motifs is 1. The molecule has 35 heavy (non-hydrogen) atoms. The van der Waals surface area contributed by atoms with Gasteiger partial charge in [-0.3, -0.25) is 29.4 Å². The van der Waals surface area contributed by atoms with Crippen LogP contribution < -0.4 is 10.2 Å². The number of aliphatic imine (C=N–C) groups is 1. The van der Waals surface area contributed by atoms with Gasteiger partial charge in [0.15, 0.2) is 0 Å². The van der Waals surface area contributed by atoms with Crippen LogP contribution in [0.2, 0.25) is 0 Å². The van der Waals surface area contributed by atoms with Gasteiger partial charge in [0.05, 0.1) is 40.9 Å². The summed E-state index contributed by atoms with van der Waals surface area (Å²) in [6, 6.07) is 9.72. The Hall–Kier alpha value is -4.07. The molecule has 1 aromatic carbocycles. The molecular formula is C27H28N6O2. The zero-order valence-electron chi connectivity index (χ0n) is 20.3.